The first-order valence-electron chi connectivity index (χ1n) is 12.0. The zero-order valence-corrected chi connectivity index (χ0v) is 20.2. The van der Waals surface area contributed by atoms with E-state index in [1.54, 1.807) is 0 Å². The van der Waals surface area contributed by atoms with Gasteiger partial charge in [-0.2, -0.15) is 0 Å². The summed E-state index contributed by atoms with van der Waals surface area (Å²) < 4.78 is 2.20. The van der Waals surface area contributed by atoms with Gasteiger partial charge in [0, 0.05) is 6.20 Å². The third kappa shape index (κ3) is 3.98. The van der Waals surface area contributed by atoms with Gasteiger partial charge in [0.15, 0.2) is 0 Å². The Bertz CT molecular complexity index is 1300. The average molecular weight is 459 g/mol. The van der Waals surface area contributed by atoms with Crippen molar-refractivity contribution < 1.29 is 5.11 Å². The molecule has 0 bridgehead atoms. The van der Waals surface area contributed by atoms with Crippen molar-refractivity contribution in [3.05, 3.63) is 161 Å². The van der Waals surface area contributed by atoms with Gasteiger partial charge in [0.1, 0.15) is 5.54 Å². The van der Waals surface area contributed by atoms with Crippen molar-refractivity contribution in [1.29, 1.82) is 0 Å². The predicted octanol–water partition coefficient (Wildman–Crippen LogP) is 6.46. The van der Waals surface area contributed by atoms with Gasteiger partial charge in [-0.05, 0) is 47.2 Å². The van der Waals surface area contributed by atoms with Crippen LogP contribution in [-0.4, -0.2) is 21.3 Å². The van der Waals surface area contributed by atoms with E-state index in [0.717, 1.165) is 27.9 Å². The van der Waals surface area contributed by atoms with Crippen LogP contribution in [0, 0.1) is 13.8 Å². The first-order valence-corrected chi connectivity index (χ1v) is 12.0. The summed E-state index contributed by atoms with van der Waals surface area (Å²) in [4.78, 5) is 4.88. The highest BCUT2D eigenvalue weighted by molar-refractivity contribution is 5.51. The molecule has 0 fully saturated rings. The second kappa shape index (κ2) is 9.73. The lowest BCUT2D eigenvalue weighted by Crippen LogP contribution is -2.37. The lowest BCUT2D eigenvalue weighted by molar-refractivity contribution is 0.278. The maximum Gasteiger partial charge on any atom is 0.121 e. The number of aliphatic hydroxyl groups excluding tert-OH is 1. The van der Waals surface area contributed by atoms with Crippen molar-refractivity contribution in [2.24, 2.45) is 0 Å². The topological polar surface area (TPSA) is 38.0 Å². The van der Waals surface area contributed by atoms with Gasteiger partial charge in [-0.3, -0.25) is 0 Å². The van der Waals surface area contributed by atoms with Crippen LogP contribution in [0.25, 0.3) is 0 Å². The second-order valence-electron chi connectivity index (χ2n) is 9.04. The number of rotatable bonds is 7. The molecule has 0 saturated carbocycles. The average Bonchev–Trinajstić information content (AvgIpc) is 3.39. The van der Waals surface area contributed by atoms with Crippen LogP contribution in [-0.2, 0) is 5.54 Å². The molecule has 1 heterocycles. The molecule has 0 aliphatic heterocycles. The molecule has 1 aromatic heterocycles. The Morgan fingerprint density at radius 1 is 0.714 bits per heavy atom. The largest absolute Gasteiger partial charge is 0.395 e. The van der Waals surface area contributed by atoms with Crippen molar-refractivity contribution in [2.75, 3.05) is 6.61 Å². The minimum absolute atomic E-state index is 0.00365. The molecular formula is C32H30N2O. The summed E-state index contributed by atoms with van der Waals surface area (Å²) in [6, 6.07) is 38.0. The summed E-state index contributed by atoms with van der Waals surface area (Å²) in [7, 11) is 0. The number of hydrogen-bond acceptors (Lipinski definition) is 2. The number of nitrogens with zero attached hydrogens (tertiary/aromatic N) is 2. The molecule has 1 unspecified atom stereocenters. The molecular weight excluding hydrogens is 428 g/mol. The van der Waals surface area contributed by atoms with E-state index in [2.05, 4.69) is 116 Å². The molecule has 35 heavy (non-hydrogen) atoms. The predicted molar refractivity (Wildman–Crippen MR) is 142 cm³/mol. The van der Waals surface area contributed by atoms with Crippen LogP contribution in [0.15, 0.2) is 122 Å². The monoisotopic (exact) mass is 458 g/mol. The van der Waals surface area contributed by atoms with Crippen LogP contribution in [0.4, 0.5) is 0 Å². The van der Waals surface area contributed by atoms with Gasteiger partial charge in [-0.1, -0.05) is 109 Å². The summed E-state index contributed by atoms with van der Waals surface area (Å²) in [5, 5.41) is 10.5. The highest BCUT2D eigenvalue weighted by Crippen LogP contribution is 2.41. The first kappa shape index (κ1) is 22.8. The first-order chi connectivity index (χ1) is 17.2. The third-order valence-corrected chi connectivity index (χ3v) is 7.13. The van der Waals surface area contributed by atoms with E-state index >= 15 is 0 Å². The van der Waals surface area contributed by atoms with E-state index in [-0.39, 0.29) is 12.5 Å². The molecule has 1 N–H and O–H groups in total. The van der Waals surface area contributed by atoms with Gasteiger partial charge < -0.3 is 9.67 Å². The van der Waals surface area contributed by atoms with Gasteiger partial charge >= 0.3 is 0 Å². The Hall–Kier alpha value is -3.95. The van der Waals surface area contributed by atoms with Crippen LogP contribution in [0.3, 0.4) is 0 Å². The third-order valence-electron chi connectivity index (χ3n) is 7.13. The molecule has 0 aliphatic rings. The Kier molecular flexibility index (Phi) is 6.35. The number of imidazole rings is 1. The van der Waals surface area contributed by atoms with E-state index in [4.69, 9.17) is 4.98 Å². The van der Waals surface area contributed by atoms with Crippen molar-refractivity contribution >= 4 is 0 Å². The summed E-state index contributed by atoms with van der Waals surface area (Å²) in [5.41, 5.74) is 7.21. The maximum atomic E-state index is 10.5. The van der Waals surface area contributed by atoms with Crippen molar-refractivity contribution in [3.8, 4) is 0 Å². The molecule has 0 spiro atoms. The molecule has 5 rings (SSSR count). The number of aryl methyl sites for hydroxylation is 1. The molecule has 0 amide bonds. The molecule has 5 aromatic rings. The van der Waals surface area contributed by atoms with Crippen molar-refractivity contribution in [1.82, 2.24) is 9.55 Å². The normalized spacial score (nSPS) is 12.4. The summed E-state index contributed by atoms with van der Waals surface area (Å²) in [6.45, 7) is 4.22. The Morgan fingerprint density at radius 3 is 1.71 bits per heavy atom. The minimum Gasteiger partial charge on any atom is -0.395 e. The fraction of sp³-hybridized carbons (Fsp3) is 0.156. The van der Waals surface area contributed by atoms with E-state index < -0.39 is 5.54 Å². The van der Waals surface area contributed by atoms with Crippen molar-refractivity contribution in [3.63, 3.8) is 0 Å². The van der Waals surface area contributed by atoms with Gasteiger partial charge in [0.05, 0.1) is 24.5 Å². The van der Waals surface area contributed by atoms with Crippen LogP contribution < -0.4 is 0 Å². The molecule has 0 saturated heterocycles. The van der Waals surface area contributed by atoms with Crippen LogP contribution in [0.1, 0.15) is 45.0 Å². The van der Waals surface area contributed by atoms with Crippen LogP contribution in [0.2, 0.25) is 0 Å². The highest BCUT2D eigenvalue weighted by Gasteiger charge is 2.38. The van der Waals surface area contributed by atoms with Crippen LogP contribution in [0.5, 0.6) is 0 Å². The Balaban J connectivity index is 1.76. The SMILES string of the molecule is Cc1cccc(C(CO)c2cn(C(c3ccccc3)(c3ccccc3)c3ccccc3)cn2)c1C. The standard InChI is InChI=1S/C32H30N2O/c1-24-13-12-20-29(25(24)2)30(22-35)31-21-34(23-33-31)32(26-14-6-3-7-15-26,27-16-8-4-9-17-27)28-18-10-5-11-19-28/h3-21,23,30,35H,22H2,1-2H3. The second-order valence-corrected chi connectivity index (χ2v) is 9.04. The summed E-state index contributed by atoms with van der Waals surface area (Å²) in [6.07, 6.45) is 4.02. The molecule has 4 aromatic carbocycles. The fourth-order valence-electron chi connectivity index (χ4n) is 5.19. The lowest BCUT2D eigenvalue weighted by Gasteiger charge is -2.37. The molecule has 174 valence electrons. The molecule has 3 heteroatoms. The molecule has 0 aliphatic carbocycles. The molecule has 0 radical (unpaired) electrons. The van der Waals surface area contributed by atoms with E-state index in [1.165, 1.54) is 11.1 Å². The summed E-state index contributed by atoms with van der Waals surface area (Å²) >= 11 is 0. The number of aromatic nitrogens is 2. The smallest absolute Gasteiger partial charge is 0.121 e. The van der Waals surface area contributed by atoms with E-state index in [9.17, 15) is 5.11 Å². The van der Waals surface area contributed by atoms with Crippen LogP contribution >= 0.6 is 0 Å². The number of benzene rings is 4. The highest BCUT2D eigenvalue weighted by atomic mass is 16.3. The zero-order valence-electron chi connectivity index (χ0n) is 20.2. The fourth-order valence-corrected chi connectivity index (χ4v) is 5.19. The van der Waals surface area contributed by atoms with Gasteiger partial charge in [0.2, 0.25) is 0 Å². The summed E-state index contributed by atoms with van der Waals surface area (Å²) in [5.74, 6) is -0.198. The van der Waals surface area contributed by atoms with E-state index in [1.807, 2.05) is 24.5 Å². The Morgan fingerprint density at radius 2 is 1.23 bits per heavy atom. The maximum absolute atomic E-state index is 10.5. The quantitative estimate of drug-likeness (QED) is 0.284. The van der Waals surface area contributed by atoms with Gasteiger partial charge in [-0.25, -0.2) is 4.98 Å². The van der Waals surface area contributed by atoms with Gasteiger partial charge in [-0.15, -0.1) is 0 Å². The minimum atomic E-state index is -0.614. The lowest BCUT2D eigenvalue weighted by atomic mass is 9.76. The number of hydrogen-bond donors (Lipinski definition) is 1. The Labute approximate surface area is 207 Å². The molecule has 3 nitrogen and oxygen atoms in total. The van der Waals surface area contributed by atoms with E-state index in [0.29, 0.717) is 0 Å². The zero-order chi connectivity index (χ0) is 24.3. The number of aliphatic hydroxyl groups is 1. The van der Waals surface area contributed by atoms with Crippen molar-refractivity contribution in [2.45, 2.75) is 25.3 Å². The molecule has 1 atom stereocenters. The van der Waals surface area contributed by atoms with Gasteiger partial charge in [0.25, 0.3) is 0 Å².